The summed E-state index contributed by atoms with van der Waals surface area (Å²) in [6.07, 6.45) is -29.7. The van der Waals surface area contributed by atoms with Crippen LogP contribution in [0.1, 0.15) is 99.8 Å². The average Bonchev–Trinajstić information content (AvgIpc) is 2.15. The van der Waals surface area contributed by atoms with Gasteiger partial charge in [-0.05, 0) is 103 Å². The van der Waals surface area contributed by atoms with Gasteiger partial charge in [-0.1, -0.05) is 60.1 Å². The molecule has 24 heteroatoms. The highest BCUT2D eigenvalue weighted by Crippen LogP contribution is 2.76. The fraction of sp³-hybridized carbons (Fsp3) is 0.944. The number of allylic oxidation sites excluding steroid dienone is 2. The van der Waals surface area contributed by atoms with E-state index < -0.39 is 189 Å². The highest BCUT2D eigenvalue weighted by molar-refractivity contribution is 5.76. The SMILES string of the molecule is C[C@H]1[C@H](C)CC[C@]2(C(=O)O)CC[C@]3(C)C(=CC[C@@H]4[C@@]5(C)C[C@@H](O[C@@H]6O[C@H](CO)[C@@H](O[C@@H]7O[C@H](CO)[C@@H](O)[C@H](O)[C@H]7O)[C@H](O)[C@H]6O)[C@H](O[C@@H]6O[C@H](CO)[C@@H](O[C@@H]7O[C@H](CO)[C@@H](O)[C@H](O)[C@H]7O)[C@H](O)[C@H]6O)C(C)(C)[C@@H]5CC[C@]43C)[C@H]12. The van der Waals surface area contributed by atoms with Crippen LogP contribution in [0.25, 0.3) is 0 Å². The van der Waals surface area contributed by atoms with Gasteiger partial charge >= 0.3 is 5.97 Å². The third-order valence-electron chi connectivity index (χ3n) is 21.8. The molecule has 0 aromatic carbocycles. The summed E-state index contributed by atoms with van der Waals surface area (Å²) < 4.78 is 48.8. The predicted molar refractivity (Wildman–Crippen MR) is 265 cm³/mol. The monoisotopic (exact) mass is 1120 g/mol. The number of rotatable bonds is 13. The first-order valence-corrected chi connectivity index (χ1v) is 28.0. The summed E-state index contributed by atoms with van der Waals surface area (Å²) >= 11 is 0. The Balaban J connectivity index is 1.04. The zero-order valence-corrected chi connectivity index (χ0v) is 45.5. The summed E-state index contributed by atoms with van der Waals surface area (Å²) in [5.41, 5.74) is -1.98. The molecule has 448 valence electrons. The number of aliphatic carboxylic acids is 1. The average molecular weight is 1120 g/mol. The largest absolute Gasteiger partial charge is 0.481 e. The lowest BCUT2D eigenvalue weighted by Crippen LogP contribution is -2.70. The molecule has 5 aliphatic carbocycles. The molecule has 0 radical (unpaired) electrons. The van der Waals surface area contributed by atoms with Gasteiger partial charge in [0.25, 0.3) is 0 Å². The number of aliphatic hydroxyl groups excluding tert-OH is 14. The van der Waals surface area contributed by atoms with E-state index in [-0.39, 0.29) is 35.5 Å². The van der Waals surface area contributed by atoms with Crippen molar-refractivity contribution >= 4 is 5.97 Å². The molecule has 0 bridgehead atoms. The Labute approximate surface area is 453 Å². The number of carboxylic acids is 1. The maximum atomic E-state index is 13.4. The first kappa shape index (κ1) is 60.9. The van der Waals surface area contributed by atoms with Crippen molar-refractivity contribution in [1.29, 1.82) is 0 Å². The van der Waals surface area contributed by atoms with Gasteiger partial charge in [0.05, 0.1) is 44.1 Å². The summed E-state index contributed by atoms with van der Waals surface area (Å²) in [4.78, 5) is 13.4. The molecule has 0 spiro atoms. The molecule has 0 unspecified atom stereocenters. The molecule has 0 amide bonds. The highest BCUT2D eigenvalue weighted by atomic mass is 16.8. The van der Waals surface area contributed by atoms with Crippen LogP contribution in [-0.4, -0.2) is 244 Å². The van der Waals surface area contributed by atoms with Gasteiger partial charge in [0, 0.05) is 0 Å². The normalized spacial score (nSPS) is 55.1. The summed E-state index contributed by atoms with van der Waals surface area (Å²) in [6, 6.07) is 0. The van der Waals surface area contributed by atoms with Crippen LogP contribution in [-0.2, 0) is 42.7 Å². The van der Waals surface area contributed by atoms with E-state index >= 15 is 0 Å². The lowest BCUT2D eigenvalue weighted by Gasteiger charge is -2.72. The molecule has 9 aliphatic rings. The molecule has 4 aliphatic heterocycles. The third-order valence-corrected chi connectivity index (χ3v) is 21.8. The van der Waals surface area contributed by atoms with Gasteiger partial charge in [0.2, 0.25) is 0 Å². The van der Waals surface area contributed by atoms with Crippen molar-refractivity contribution in [1.82, 2.24) is 0 Å². The zero-order valence-electron chi connectivity index (χ0n) is 45.5. The molecule has 31 atom stereocenters. The van der Waals surface area contributed by atoms with Crippen LogP contribution in [0.5, 0.6) is 0 Å². The van der Waals surface area contributed by atoms with E-state index in [4.69, 9.17) is 37.9 Å². The smallest absolute Gasteiger partial charge is 0.310 e. The summed E-state index contributed by atoms with van der Waals surface area (Å²) in [6.45, 7) is 12.0. The molecule has 78 heavy (non-hydrogen) atoms. The molecule has 0 aromatic rings. The van der Waals surface area contributed by atoms with E-state index in [0.29, 0.717) is 38.0 Å². The molecule has 9 rings (SSSR count). The Morgan fingerprint density at radius 1 is 0.551 bits per heavy atom. The Bertz CT molecular complexity index is 2130. The first-order chi connectivity index (χ1) is 36.6. The third kappa shape index (κ3) is 9.57. The number of carbonyl (C=O) groups is 1. The minimum Gasteiger partial charge on any atom is -0.481 e. The first-order valence-electron chi connectivity index (χ1n) is 28.0. The molecular weight excluding hydrogens is 1030 g/mol. The van der Waals surface area contributed by atoms with Crippen molar-refractivity contribution in [3.05, 3.63) is 11.6 Å². The van der Waals surface area contributed by atoms with Crippen LogP contribution < -0.4 is 0 Å². The van der Waals surface area contributed by atoms with Crippen molar-refractivity contribution in [2.75, 3.05) is 26.4 Å². The van der Waals surface area contributed by atoms with Crippen molar-refractivity contribution in [2.24, 2.45) is 56.7 Å². The van der Waals surface area contributed by atoms with Crippen LogP contribution >= 0.6 is 0 Å². The molecule has 24 nitrogen and oxygen atoms in total. The van der Waals surface area contributed by atoms with Gasteiger partial charge in [0.15, 0.2) is 25.2 Å². The van der Waals surface area contributed by atoms with Crippen molar-refractivity contribution in [2.45, 2.75) is 235 Å². The standard InChI is InChI=1S/C54H88O24/c1-21-10-13-54(49(69)70)15-14-52(6)23(31(54)22(21)2)8-9-30-51(5)16-24(71-45-40(67)36(63)42(27(19-57)74-45)76-46-38(65)34(61)32(59)25(17-55)72-46)44(50(3,4)29(51)11-12-53(30,52)7)78-48-41(68)37(64)43(28(20-58)75-48)77-47-39(66)35(62)33(60)26(18-56)73-47/h8,21-22,24-48,55-68H,9-20H2,1-7H3,(H,69,70)/t21-,22+,24-,25-,26-,27-,28-,29+,30-,31+,32-,33-,34+,35+,36-,37-,38-,39-,40-,41-,42-,43-,44+,45-,46+,47+,48+,51+,52-,53-,54+/m1/s1. The van der Waals surface area contributed by atoms with Gasteiger partial charge in [-0.25, -0.2) is 0 Å². The van der Waals surface area contributed by atoms with Gasteiger partial charge in [-0.3, -0.25) is 4.79 Å². The Morgan fingerprint density at radius 2 is 1.01 bits per heavy atom. The van der Waals surface area contributed by atoms with Crippen molar-refractivity contribution in [3.8, 4) is 0 Å². The van der Waals surface area contributed by atoms with Crippen LogP contribution in [0.15, 0.2) is 11.6 Å². The van der Waals surface area contributed by atoms with Crippen LogP contribution in [0.2, 0.25) is 0 Å². The van der Waals surface area contributed by atoms with Crippen LogP contribution in [0, 0.1) is 56.7 Å². The molecule has 8 fully saturated rings. The van der Waals surface area contributed by atoms with E-state index in [0.717, 1.165) is 12.8 Å². The quantitative estimate of drug-likeness (QED) is 0.0662. The van der Waals surface area contributed by atoms with Crippen LogP contribution in [0.3, 0.4) is 0 Å². The molecule has 4 heterocycles. The minimum atomic E-state index is -1.94. The molecule has 15 N–H and O–H groups in total. The van der Waals surface area contributed by atoms with Gasteiger partial charge in [-0.2, -0.15) is 0 Å². The van der Waals surface area contributed by atoms with E-state index in [1.165, 1.54) is 5.57 Å². The summed E-state index contributed by atoms with van der Waals surface area (Å²) in [5, 5.41) is 163. The lowest BCUT2D eigenvalue weighted by molar-refractivity contribution is -0.388. The molecule has 0 aromatic heterocycles. The van der Waals surface area contributed by atoms with E-state index in [2.05, 4.69) is 40.7 Å². The number of hydrogen-bond donors (Lipinski definition) is 15. The number of carboxylic acid groups (broad SMARTS) is 1. The van der Waals surface area contributed by atoms with E-state index in [1.54, 1.807) is 0 Å². The Hall–Kier alpha value is -1.67. The van der Waals surface area contributed by atoms with Gasteiger partial charge in [-0.15, -0.1) is 0 Å². The topological polar surface area (TPSA) is 394 Å². The number of hydrogen-bond acceptors (Lipinski definition) is 23. The number of ether oxygens (including phenoxy) is 8. The fourth-order valence-corrected chi connectivity index (χ4v) is 17.0. The molecule has 4 saturated carbocycles. The number of aliphatic hydroxyl groups is 14. The summed E-state index contributed by atoms with van der Waals surface area (Å²) in [5.74, 6) is -0.631. The lowest BCUT2D eigenvalue weighted by atomic mass is 9.33. The van der Waals surface area contributed by atoms with Gasteiger partial charge < -0.3 is 114 Å². The van der Waals surface area contributed by atoms with Crippen molar-refractivity contribution in [3.63, 3.8) is 0 Å². The molecule has 4 saturated heterocycles. The second kappa shape index (κ2) is 22.4. The van der Waals surface area contributed by atoms with Gasteiger partial charge in [0.1, 0.15) is 97.7 Å². The Kier molecular flexibility index (Phi) is 17.5. The predicted octanol–water partition coefficient (Wildman–Crippen LogP) is -2.64. The van der Waals surface area contributed by atoms with Crippen molar-refractivity contribution < 1.29 is 119 Å². The summed E-state index contributed by atoms with van der Waals surface area (Å²) in [7, 11) is 0. The van der Waals surface area contributed by atoms with Crippen LogP contribution in [0.4, 0.5) is 0 Å². The maximum absolute atomic E-state index is 13.4. The van der Waals surface area contributed by atoms with E-state index in [9.17, 15) is 81.4 Å². The maximum Gasteiger partial charge on any atom is 0.310 e. The second-order valence-corrected chi connectivity index (χ2v) is 25.9. The van der Waals surface area contributed by atoms with E-state index in [1.807, 2.05) is 13.8 Å². The zero-order chi connectivity index (χ0) is 57.1. The Morgan fingerprint density at radius 3 is 1.50 bits per heavy atom. The fourth-order valence-electron chi connectivity index (χ4n) is 17.0. The molecular formula is C54H88O24. The highest BCUT2D eigenvalue weighted by Gasteiger charge is 2.71. The second-order valence-electron chi connectivity index (χ2n) is 25.9. The minimum absolute atomic E-state index is 0.0424. The number of fused-ring (bicyclic) bond motifs is 7.